The lowest BCUT2D eigenvalue weighted by Crippen LogP contribution is -2.27. The maximum atomic E-state index is 5.96. The number of rotatable bonds is 6. The van der Waals surface area contributed by atoms with E-state index in [0.717, 1.165) is 6.61 Å². The number of halogens is 1. The summed E-state index contributed by atoms with van der Waals surface area (Å²) in [5.41, 5.74) is 1.23. The second kappa shape index (κ2) is 7.27. The van der Waals surface area contributed by atoms with Crippen LogP contribution in [0.2, 0.25) is 0 Å². The van der Waals surface area contributed by atoms with Crippen molar-refractivity contribution in [3.8, 4) is 0 Å². The Morgan fingerprint density at radius 3 is 2.43 bits per heavy atom. The van der Waals surface area contributed by atoms with Crippen molar-refractivity contribution in [1.29, 1.82) is 0 Å². The molecule has 1 atom stereocenters. The summed E-state index contributed by atoms with van der Waals surface area (Å²) in [6, 6.07) is 0.275. The van der Waals surface area contributed by atoms with E-state index in [-0.39, 0.29) is 6.04 Å². The molecule has 0 saturated heterocycles. The molecule has 0 amide bonds. The molecule has 0 aromatic carbocycles. The SMILES string of the molecule is CCOC/C(C)=C/C(C(C)C)N(C)Cl. The van der Waals surface area contributed by atoms with Gasteiger partial charge in [0, 0.05) is 19.7 Å². The second-order valence-electron chi connectivity index (χ2n) is 3.91. The molecule has 0 aliphatic heterocycles. The van der Waals surface area contributed by atoms with Crippen molar-refractivity contribution >= 4 is 11.8 Å². The maximum Gasteiger partial charge on any atom is 0.0674 e. The number of hydrogen-bond donors (Lipinski definition) is 0. The van der Waals surface area contributed by atoms with Crippen molar-refractivity contribution < 1.29 is 4.74 Å². The molecule has 2 nitrogen and oxygen atoms in total. The van der Waals surface area contributed by atoms with E-state index in [1.165, 1.54) is 5.57 Å². The van der Waals surface area contributed by atoms with Gasteiger partial charge in [0.2, 0.25) is 0 Å². The van der Waals surface area contributed by atoms with Gasteiger partial charge in [0.05, 0.1) is 6.61 Å². The third kappa shape index (κ3) is 5.63. The van der Waals surface area contributed by atoms with Gasteiger partial charge in [0.15, 0.2) is 0 Å². The van der Waals surface area contributed by atoms with Gasteiger partial charge < -0.3 is 4.74 Å². The summed E-state index contributed by atoms with van der Waals surface area (Å²) < 4.78 is 7.05. The average Bonchev–Trinajstić information content (AvgIpc) is 2.09. The number of likely N-dealkylation sites (N-methyl/N-ethyl adjacent to an activating group) is 1. The summed E-state index contributed by atoms with van der Waals surface area (Å²) in [5.74, 6) is 0.508. The van der Waals surface area contributed by atoms with Crippen LogP contribution in [0.1, 0.15) is 27.7 Å². The molecule has 84 valence electrons. The monoisotopic (exact) mass is 219 g/mol. The predicted octanol–water partition coefficient (Wildman–Crippen LogP) is 3.08. The zero-order valence-electron chi connectivity index (χ0n) is 9.88. The molecule has 0 N–H and O–H groups in total. The maximum absolute atomic E-state index is 5.96. The van der Waals surface area contributed by atoms with E-state index in [9.17, 15) is 0 Å². The summed E-state index contributed by atoms with van der Waals surface area (Å²) in [6.07, 6.45) is 2.17. The third-order valence-electron chi connectivity index (χ3n) is 2.08. The molecule has 0 aliphatic carbocycles. The Labute approximate surface area is 93.0 Å². The molecule has 0 rings (SSSR count). The Hall–Kier alpha value is -0.0500. The van der Waals surface area contributed by atoms with Gasteiger partial charge in [-0.15, -0.1) is 0 Å². The molecular weight excluding hydrogens is 198 g/mol. The fraction of sp³-hybridized carbons (Fsp3) is 0.818. The molecule has 0 saturated carbocycles. The first kappa shape index (κ1) is 13.9. The number of nitrogens with zero attached hydrogens (tertiary/aromatic N) is 1. The summed E-state index contributed by atoms with van der Waals surface area (Å²) in [5, 5.41) is 0. The van der Waals surface area contributed by atoms with E-state index in [0.29, 0.717) is 12.5 Å². The summed E-state index contributed by atoms with van der Waals surface area (Å²) >= 11 is 5.96. The lowest BCUT2D eigenvalue weighted by atomic mass is 10.0. The predicted molar refractivity (Wildman–Crippen MR) is 62.5 cm³/mol. The van der Waals surface area contributed by atoms with Crippen molar-refractivity contribution in [2.75, 3.05) is 20.3 Å². The van der Waals surface area contributed by atoms with Crippen LogP contribution in [-0.4, -0.2) is 30.7 Å². The third-order valence-corrected chi connectivity index (χ3v) is 2.31. The van der Waals surface area contributed by atoms with E-state index in [1.807, 2.05) is 14.0 Å². The van der Waals surface area contributed by atoms with Gasteiger partial charge in [-0.25, -0.2) is 4.42 Å². The van der Waals surface area contributed by atoms with Crippen LogP contribution in [0.3, 0.4) is 0 Å². The highest BCUT2D eigenvalue weighted by Gasteiger charge is 2.14. The molecular formula is C11H22ClNO. The number of ether oxygens (including phenoxy) is 1. The lowest BCUT2D eigenvalue weighted by Gasteiger charge is -2.23. The van der Waals surface area contributed by atoms with E-state index in [4.69, 9.17) is 16.5 Å². The molecule has 0 spiro atoms. The van der Waals surface area contributed by atoms with Gasteiger partial charge in [-0.05, 0) is 31.5 Å². The molecule has 0 aliphatic rings. The Morgan fingerprint density at radius 2 is 2.07 bits per heavy atom. The van der Waals surface area contributed by atoms with E-state index >= 15 is 0 Å². The fourth-order valence-corrected chi connectivity index (χ4v) is 1.59. The minimum absolute atomic E-state index is 0.275. The number of hydrogen-bond acceptors (Lipinski definition) is 2. The molecule has 0 radical (unpaired) electrons. The Bertz CT molecular complexity index is 170. The fourth-order valence-electron chi connectivity index (χ4n) is 1.31. The summed E-state index contributed by atoms with van der Waals surface area (Å²) in [4.78, 5) is 0. The lowest BCUT2D eigenvalue weighted by molar-refractivity contribution is 0.170. The van der Waals surface area contributed by atoms with E-state index < -0.39 is 0 Å². The van der Waals surface area contributed by atoms with Crippen LogP contribution in [0.15, 0.2) is 11.6 Å². The topological polar surface area (TPSA) is 12.5 Å². The van der Waals surface area contributed by atoms with Gasteiger partial charge in [0.1, 0.15) is 0 Å². The highest BCUT2D eigenvalue weighted by Crippen LogP contribution is 2.14. The van der Waals surface area contributed by atoms with Gasteiger partial charge >= 0.3 is 0 Å². The molecule has 1 unspecified atom stereocenters. The van der Waals surface area contributed by atoms with Crippen molar-refractivity contribution in [2.45, 2.75) is 33.7 Å². The smallest absolute Gasteiger partial charge is 0.0674 e. The minimum Gasteiger partial charge on any atom is -0.377 e. The average molecular weight is 220 g/mol. The molecule has 0 fully saturated rings. The zero-order chi connectivity index (χ0) is 11.1. The van der Waals surface area contributed by atoms with Crippen LogP contribution in [0, 0.1) is 5.92 Å². The van der Waals surface area contributed by atoms with Crippen LogP contribution in [0.5, 0.6) is 0 Å². The molecule has 0 bridgehead atoms. The normalized spacial score (nSPS) is 15.3. The van der Waals surface area contributed by atoms with Crippen LogP contribution in [0.25, 0.3) is 0 Å². The van der Waals surface area contributed by atoms with Gasteiger partial charge in [0.25, 0.3) is 0 Å². The largest absolute Gasteiger partial charge is 0.377 e. The molecule has 0 aromatic rings. The molecule has 3 heteroatoms. The highest BCUT2D eigenvalue weighted by atomic mass is 35.5. The Balaban J connectivity index is 4.24. The van der Waals surface area contributed by atoms with Crippen LogP contribution in [0.4, 0.5) is 0 Å². The molecule has 14 heavy (non-hydrogen) atoms. The van der Waals surface area contributed by atoms with Crippen molar-refractivity contribution in [3.05, 3.63) is 11.6 Å². The quantitative estimate of drug-likeness (QED) is 0.503. The first-order valence-electron chi connectivity index (χ1n) is 5.12. The van der Waals surface area contributed by atoms with Gasteiger partial charge in [-0.3, -0.25) is 0 Å². The standard InChI is InChI=1S/C11H22ClNO/c1-6-14-8-10(4)7-11(9(2)3)13(5)12/h7,9,11H,6,8H2,1-5H3/b10-7+. The first-order chi connectivity index (χ1) is 6.49. The summed E-state index contributed by atoms with van der Waals surface area (Å²) in [6.45, 7) is 9.85. The zero-order valence-corrected chi connectivity index (χ0v) is 10.6. The van der Waals surface area contributed by atoms with Gasteiger partial charge in [-0.2, -0.15) is 0 Å². The Morgan fingerprint density at radius 1 is 1.50 bits per heavy atom. The first-order valence-corrected chi connectivity index (χ1v) is 5.46. The van der Waals surface area contributed by atoms with Crippen molar-refractivity contribution in [3.63, 3.8) is 0 Å². The van der Waals surface area contributed by atoms with Crippen LogP contribution in [-0.2, 0) is 4.74 Å². The van der Waals surface area contributed by atoms with E-state index in [1.54, 1.807) is 4.42 Å². The minimum atomic E-state index is 0.275. The van der Waals surface area contributed by atoms with E-state index in [2.05, 4.69) is 26.8 Å². The molecule has 0 heterocycles. The molecule has 0 aromatic heterocycles. The summed E-state index contributed by atoms with van der Waals surface area (Å²) in [7, 11) is 1.89. The van der Waals surface area contributed by atoms with Crippen molar-refractivity contribution in [1.82, 2.24) is 4.42 Å². The van der Waals surface area contributed by atoms with Crippen molar-refractivity contribution in [2.24, 2.45) is 5.92 Å². The Kier molecular flexibility index (Phi) is 7.24. The van der Waals surface area contributed by atoms with Gasteiger partial charge in [-0.1, -0.05) is 25.5 Å². The van der Waals surface area contributed by atoms with Crippen LogP contribution >= 0.6 is 11.8 Å². The highest BCUT2D eigenvalue weighted by molar-refractivity contribution is 6.13. The van der Waals surface area contributed by atoms with Crippen LogP contribution < -0.4 is 0 Å². The second-order valence-corrected chi connectivity index (χ2v) is 4.44.